The van der Waals surface area contributed by atoms with Crippen molar-refractivity contribution in [1.29, 1.82) is 0 Å². The number of ether oxygens (including phenoxy) is 2. The van der Waals surface area contributed by atoms with Crippen LogP contribution in [0, 0.1) is 0 Å². The second-order valence-electron chi connectivity index (χ2n) is 2.54. The average molecular weight is 286 g/mol. The Morgan fingerprint density at radius 1 is 1.53 bits per heavy atom. The second kappa shape index (κ2) is 5.43. The fraction of sp³-hybridized carbons (Fsp3) is 0.429. The van der Waals surface area contributed by atoms with Crippen LogP contribution in [-0.2, 0) is 9.47 Å². The molecular weight excluding hydrogens is 281 g/mol. The van der Waals surface area contributed by atoms with E-state index in [0.29, 0.717) is 22.7 Å². The van der Waals surface area contributed by atoms with E-state index in [2.05, 4.69) is 20.9 Å². The number of carbonyl (C=O) groups excluding carboxylic acids is 1. The van der Waals surface area contributed by atoms with Gasteiger partial charge in [-0.3, -0.25) is 0 Å². The molecule has 0 aliphatic carbocycles. The van der Waals surface area contributed by atoms with Crippen molar-refractivity contribution in [1.82, 2.24) is 4.98 Å². The van der Waals surface area contributed by atoms with Crippen LogP contribution in [-0.4, -0.2) is 24.2 Å². The van der Waals surface area contributed by atoms with Crippen molar-refractivity contribution in [2.75, 3.05) is 13.2 Å². The number of nitrogens with zero attached hydrogens (tertiary/aromatic N) is 1. The first-order valence-corrected chi connectivity index (χ1v) is 5.40. The molecule has 0 bridgehead atoms. The van der Waals surface area contributed by atoms with Crippen molar-refractivity contribution >= 4 is 33.2 Å². The van der Waals surface area contributed by atoms with Gasteiger partial charge in [-0.15, -0.1) is 11.3 Å². The Labute approximate surface area is 110 Å². The molecule has 0 amide bonds. The molecule has 1 aromatic heterocycles. The number of carbonyl (C=O) groups is 1. The SMILES string of the molecule is O=C([O-])c1nc(Br)c(C2OCCO2)s1.[Li+]. The Balaban J connectivity index is 0.00000112. The first-order chi connectivity index (χ1) is 6.68. The van der Waals surface area contributed by atoms with Crippen molar-refractivity contribution in [3.63, 3.8) is 0 Å². The number of hydrogen-bond donors (Lipinski definition) is 0. The van der Waals surface area contributed by atoms with E-state index < -0.39 is 12.3 Å². The molecule has 1 fully saturated rings. The van der Waals surface area contributed by atoms with E-state index in [1.165, 1.54) is 0 Å². The quantitative estimate of drug-likeness (QED) is 0.554. The Morgan fingerprint density at radius 2 is 2.13 bits per heavy atom. The molecule has 1 aliphatic heterocycles. The van der Waals surface area contributed by atoms with Gasteiger partial charge in [-0.1, -0.05) is 0 Å². The van der Waals surface area contributed by atoms with Crippen molar-refractivity contribution < 1.29 is 38.2 Å². The minimum atomic E-state index is -1.29. The molecule has 0 unspecified atom stereocenters. The summed E-state index contributed by atoms with van der Waals surface area (Å²) in [5.41, 5.74) is 0. The fourth-order valence-electron chi connectivity index (χ4n) is 1.06. The first-order valence-electron chi connectivity index (χ1n) is 3.79. The van der Waals surface area contributed by atoms with E-state index in [-0.39, 0.29) is 23.9 Å². The van der Waals surface area contributed by atoms with E-state index in [9.17, 15) is 9.90 Å². The van der Waals surface area contributed by atoms with Gasteiger partial charge in [0, 0.05) is 0 Å². The standard InChI is InChI=1S/C7H6BrNO4S.Li/c8-4-3(7-12-1-2-13-7)14-5(9-4)6(10)11;/h7H,1-2H2,(H,10,11);/q;+1/p-1. The van der Waals surface area contributed by atoms with Gasteiger partial charge >= 0.3 is 18.9 Å². The summed E-state index contributed by atoms with van der Waals surface area (Å²) in [4.78, 5) is 14.9. The molecule has 0 saturated carbocycles. The number of aromatic nitrogens is 1. The molecule has 0 atom stereocenters. The van der Waals surface area contributed by atoms with Crippen LogP contribution < -0.4 is 24.0 Å². The van der Waals surface area contributed by atoms with Crippen LogP contribution in [0.25, 0.3) is 0 Å². The van der Waals surface area contributed by atoms with Gasteiger partial charge in [0.25, 0.3) is 0 Å². The normalized spacial score (nSPS) is 16.3. The molecule has 0 radical (unpaired) electrons. The van der Waals surface area contributed by atoms with Gasteiger partial charge in [0.1, 0.15) is 15.6 Å². The van der Waals surface area contributed by atoms with Gasteiger partial charge in [-0.05, 0) is 15.9 Å². The zero-order valence-corrected chi connectivity index (χ0v) is 10.3. The second-order valence-corrected chi connectivity index (χ2v) is 4.32. The maximum absolute atomic E-state index is 10.5. The zero-order chi connectivity index (χ0) is 10.1. The molecule has 0 N–H and O–H groups in total. The molecule has 2 heterocycles. The predicted molar refractivity (Wildman–Crippen MR) is 48.8 cm³/mol. The Hall–Kier alpha value is 0.0974. The molecule has 0 spiro atoms. The molecule has 1 aromatic rings. The predicted octanol–water partition coefficient (Wildman–Crippen LogP) is -2.68. The van der Waals surface area contributed by atoms with Gasteiger partial charge in [0.2, 0.25) is 0 Å². The monoisotopic (exact) mass is 285 g/mol. The van der Waals surface area contributed by atoms with Crippen molar-refractivity contribution in [3.8, 4) is 0 Å². The van der Waals surface area contributed by atoms with Crippen LogP contribution in [0.1, 0.15) is 21.0 Å². The maximum Gasteiger partial charge on any atom is 1.00 e. The molecule has 76 valence electrons. The van der Waals surface area contributed by atoms with Crippen LogP contribution in [0.2, 0.25) is 0 Å². The van der Waals surface area contributed by atoms with E-state index in [0.717, 1.165) is 11.3 Å². The molecule has 1 aliphatic rings. The Kier molecular flexibility index (Phi) is 4.77. The summed E-state index contributed by atoms with van der Waals surface area (Å²) < 4.78 is 10.9. The van der Waals surface area contributed by atoms with E-state index in [1.807, 2.05) is 0 Å². The van der Waals surface area contributed by atoms with Crippen LogP contribution in [0.5, 0.6) is 0 Å². The molecule has 1 saturated heterocycles. The Bertz CT molecular complexity index is 366. The van der Waals surface area contributed by atoms with Gasteiger partial charge in [0.05, 0.1) is 18.1 Å². The number of hydrogen-bond acceptors (Lipinski definition) is 6. The van der Waals surface area contributed by atoms with Crippen LogP contribution >= 0.6 is 27.3 Å². The molecule has 8 heteroatoms. The average Bonchev–Trinajstić information content (AvgIpc) is 2.71. The third-order valence-corrected chi connectivity index (χ3v) is 3.54. The smallest absolute Gasteiger partial charge is 0.542 e. The van der Waals surface area contributed by atoms with E-state index in [4.69, 9.17) is 9.47 Å². The van der Waals surface area contributed by atoms with E-state index >= 15 is 0 Å². The molecule has 5 nitrogen and oxygen atoms in total. The number of aromatic carboxylic acids is 1. The summed E-state index contributed by atoms with van der Waals surface area (Å²) in [5, 5.41) is 10.4. The zero-order valence-electron chi connectivity index (χ0n) is 7.86. The molecule has 0 aromatic carbocycles. The topological polar surface area (TPSA) is 71.5 Å². The minimum Gasteiger partial charge on any atom is -0.542 e. The van der Waals surface area contributed by atoms with Crippen molar-refractivity contribution in [2.45, 2.75) is 6.29 Å². The maximum atomic E-state index is 10.5. The first kappa shape index (κ1) is 13.2. The molecule has 15 heavy (non-hydrogen) atoms. The fourth-order valence-corrected chi connectivity index (χ4v) is 2.57. The third-order valence-electron chi connectivity index (χ3n) is 1.62. The third kappa shape index (κ3) is 2.81. The summed E-state index contributed by atoms with van der Waals surface area (Å²) in [5.74, 6) is -1.29. The number of halogens is 1. The van der Waals surface area contributed by atoms with Crippen LogP contribution in [0.3, 0.4) is 0 Å². The van der Waals surface area contributed by atoms with Crippen molar-refractivity contribution in [2.24, 2.45) is 0 Å². The summed E-state index contributed by atoms with van der Waals surface area (Å²) in [7, 11) is 0. The number of rotatable bonds is 2. The summed E-state index contributed by atoms with van der Waals surface area (Å²) in [6.45, 7) is 1.02. The summed E-state index contributed by atoms with van der Waals surface area (Å²) >= 11 is 4.14. The minimum absolute atomic E-state index is 0. The Morgan fingerprint density at radius 3 is 2.60 bits per heavy atom. The summed E-state index contributed by atoms with van der Waals surface area (Å²) in [6.07, 6.45) is -0.505. The number of carboxylic acid groups (broad SMARTS) is 1. The van der Waals surface area contributed by atoms with Crippen molar-refractivity contribution in [3.05, 3.63) is 14.5 Å². The number of carboxylic acids is 1. The van der Waals surface area contributed by atoms with Crippen LogP contribution in [0.4, 0.5) is 0 Å². The van der Waals surface area contributed by atoms with E-state index in [1.54, 1.807) is 0 Å². The number of thiazole rings is 1. The van der Waals surface area contributed by atoms with Gasteiger partial charge in [-0.25, -0.2) is 4.98 Å². The van der Waals surface area contributed by atoms with Gasteiger partial charge in [-0.2, -0.15) is 0 Å². The summed E-state index contributed by atoms with van der Waals surface area (Å²) in [6, 6.07) is 0. The largest absolute Gasteiger partial charge is 1.00 e. The molecule has 2 rings (SSSR count). The van der Waals surface area contributed by atoms with Gasteiger partial charge < -0.3 is 19.4 Å². The van der Waals surface area contributed by atoms with Crippen LogP contribution in [0.15, 0.2) is 4.60 Å². The van der Waals surface area contributed by atoms with Gasteiger partial charge in [0.15, 0.2) is 6.29 Å². The molecular formula is C7H5BrLiNO4S.